The van der Waals surface area contributed by atoms with Crippen LogP contribution in [0.25, 0.3) is 0 Å². The third kappa shape index (κ3) is 1.75. The van der Waals surface area contributed by atoms with Gasteiger partial charge in [-0.05, 0) is 73.5 Å². The maximum Gasteiger partial charge on any atom is 0.174 e. The van der Waals surface area contributed by atoms with E-state index in [4.69, 9.17) is 14.2 Å². The molecule has 140 valence electrons. The monoisotopic (exact) mass is 346 g/mol. The maximum absolute atomic E-state index is 6.29. The minimum absolute atomic E-state index is 0.238. The first kappa shape index (κ1) is 15.9. The second kappa shape index (κ2) is 4.64. The molecule has 2 heterocycles. The Morgan fingerprint density at radius 2 is 1.40 bits per heavy atom. The van der Waals surface area contributed by atoms with Gasteiger partial charge in [0, 0.05) is 11.8 Å². The minimum atomic E-state index is -0.248. The van der Waals surface area contributed by atoms with Crippen LogP contribution in [0.4, 0.5) is 0 Å². The van der Waals surface area contributed by atoms with Gasteiger partial charge in [-0.25, -0.2) is 0 Å². The van der Waals surface area contributed by atoms with Crippen molar-refractivity contribution in [3.63, 3.8) is 0 Å². The molecule has 2 aliphatic heterocycles. The number of rotatable bonds is 0. The Balaban J connectivity index is 1.36. The Bertz CT molecular complexity index is 598. The molecule has 0 bridgehead atoms. The van der Waals surface area contributed by atoms with Crippen molar-refractivity contribution in [2.45, 2.75) is 90.1 Å². The molecule has 0 unspecified atom stereocenters. The molecule has 0 amide bonds. The van der Waals surface area contributed by atoms with Crippen molar-refractivity contribution in [1.82, 2.24) is 0 Å². The molecule has 6 aliphatic rings. The van der Waals surface area contributed by atoms with Crippen LogP contribution in [0.3, 0.4) is 0 Å². The van der Waals surface area contributed by atoms with E-state index in [-0.39, 0.29) is 11.2 Å². The second-order valence-electron chi connectivity index (χ2n) is 11.0. The smallest absolute Gasteiger partial charge is 0.174 e. The average Bonchev–Trinajstić information content (AvgIpc) is 3.02. The largest absolute Gasteiger partial charge is 0.370 e. The van der Waals surface area contributed by atoms with Gasteiger partial charge in [-0.1, -0.05) is 20.8 Å². The highest BCUT2D eigenvalue weighted by atomic mass is 16.7. The van der Waals surface area contributed by atoms with Crippen LogP contribution in [0.5, 0.6) is 0 Å². The highest BCUT2D eigenvalue weighted by Gasteiger charge is 2.70. The van der Waals surface area contributed by atoms with Crippen molar-refractivity contribution < 1.29 is 14.2 Å². The van der Waals surface area contributed by atoms with Crippen LogP contribution in [0.15, 0.2) is 0 Å². The lowest BCUT2D eigenvalue weighted by molar-refractivity contribution is -0.250. The predicted octanol–water partition coefficient (Wildman–Crippen LogP) is 4.54. The zero-order valence-electron chi connectivity index (χ0n) is 16.2. The zero-order valence-corrected chi connectivity index (χ0v) is 16.2. The van der Waals surface area contributed by atoms with E-state index in [2.05, 4.69) is 20.8 Å². The summed E-state index contributed by atoms with van der Waals surface area (Å²) >= 11 is 0. The van der Waals surface area contributed by atoms with Crippen molar-refractivity contribution in [3.8, 4) is 0 Å². The fourth-order valence-electron chi connectivity index (χ4n) is 8.72. The number of hydrogen-bond donors (Lipinski definition) is 0. The Labute approximate surface area is 152 Å². The normalized spacial score (nSPS) is 61.3. The van der Waals surface area contributed by atoms with Crippen molar-refractivity contribution in [2.24, 2.45) is 34.0 Å². The van der Waals surface area contributed by atoms with Gasteiger partial charge in [0.2, 0.25) is 0 Å². The number of ether oxygens (including phenoxy) is 3. The molecule has 0 N–H and O–H groups in total. The molecule has 0 aromatic carbocycles. The van der Waals surface area contributed by atoms with Crippen LogP contribution in [0.1, 0.15) is 72.1 Å². The summed E-state index contributed by atoms with van der Waals surface area (Å²) in [5.74, 6) is 2.30. The van der Waals surface area contributed by atoms with E-state index >= 15 is 0 Å². The van der Waals surface area contributed by atoms with Crippen LogP contribution in [-0.2, 0) is 14.2 Å². The highest BCUT2D eigenvalue weighted by molar-refractivity contribution is 5.17. The first-order valence-electron chi connectivity index (χ1n) is 10.8. The third-order valence-corrected chi connectivity index (χ3v) is 10.4. The van der Waals surface area contributed by atoms with E-state index in [0.717, 1.165) is 37.4 Å². The average molecular weight is 347 g/mol. The lowest BCUT2D eigenvalue weighted by Gasteiger charge is -2.64. The standard InChI is InChI=1S/C22H34O3/c1-19-7-4-14-15-6-9-22(23-10-11-24-22)20(15,2)8-5-16(14)21(19,3)13-18-17(12-19)25-18/h14-18H,4-13H2,1-3H3/t14-,15-,16-,17-,18+,19-,20+,21-/m0/s1. The summed E-state index contributed by atoms with van der Waals surface area (Å²) in [6, 6.07) is 0. The Hall–Kier alpha value is -0.120. The molecule has 4 saturated carbocycles. The van der Waals surface area contributed by atoms with Gasteiger partial charge < -0.3 is 14.2 Å². The van der Waals surface area contributed by atoms with Gasteiger partial charge in [-0.3, -0.25) is 0 Å². The number of epoxide rings is 1. The molecule has 0 aromatic heterocycles. The number of hydrogen-bond acceptors (Lipinski definition) is 3. The minimum Gasteiger partial charge on any atom is -0.370 e. The first-order valence-corrected chi connectivity index (χ1v) is 10.8. The Kier molecular flexibility index (Phi) is 2.95. The topological polar surface area (TPSA) is 31.0 Å². The molecule has 2 saturated heterocycles. The van der Waals surface area contributed by atoms with E-state index in [0.29, 0.717) is 23.0 Å². The van der Waals surface area contributed by atoms with E-state index in [1.54, 1.807) is 0 Å². The summed E-state index contributed by atoms with van der Waals surface area (Å²) in [6.07, 6.45) is 11.7. The van der Waals surface area contributed by atoms with Gasteiger partial charge in [0.05, 0.1) is 25.4 Å². The molecule has 1 spiro atoms. The van der Waals surface area contributed by atoms with Crippen molar-refractivity contribution in [1.29, 1.82) is 0 Å². The molecule has 6 fully saturated rings. The van der Waals surface area contributed by atoms with E-state index in [1.165, 1.54) is 44.9 Å². The summed E-state index contributed by atoms with van der Waals surface area (Å²) in [5.41, 5.74) is 1.21. The van der Waals surface area contributed by atoms with Crippen LogP contribution >= 0.6 is 0 Å². The van der Waals surface area contributed by atoms with Crippen molar-refractivity contribution in [3.05, 3.63) is 0 Å². The maximum atomic E-state index is 6.29. The number of fused-ring (bicyclic) bond motifs is 7. The van der Waals surface area contributed by atoms with Crippen LogP contribution < -0.4 is 0 Å². The van der Waals surface area contributed by atoms with Crippen molar-refractivity contribution in [2.75, 3.05) is 13.2 Å². The van der Waals surface area contributed by atoms with E-state index in [9.17, 15) is 0 Å². The second-order valence-corrected chi connectivity index (χ2v) is 11.0. The SMILES string of the molecule is C[C@@]12CC[C@@H]3[C@H](CC[C@]4(C)[C@H]3CCC43OCCO3)[C@]1(C)C[C@H]1O[C@H]1C2. The summed E-state index contributed by atoms with van der Waals surface area (Å²) in [5, 5.41) is 0. The van der Waals surface area contributed by atoms with Gasteiger partial charge in [0.25, 0.3) is 0 Å². The highest BCUT2D eigenvalue weighted by Crippen LogP contribution is 2.73. The lowest BCUT2D eigenvalue weighted by atomic mass is 9.40. The summed E-state index contributed by atoms with van der Waals surface area (Å²) in [7, 11) is 0. The van der Waals surface area contributed by atoms with Crippen LogP contribution in [0, 0.1) is 34.0 Å². The van der Waals surface area contributed by atoms with Gasteiger partial charge in [-0.2, -0.15) is 0 Å². The van der Waals surface area contributed by atoms with Crippen molar-refractivity contribution >= 4 is 0 Å². The summed E-state index contributed by atoms with van der Waals surface area (Å²) in [4.78, 5) is 0. The van der Waals surface area contributed by atoms with E-state index in [1.807, 2.05) is 0 Å². The van der Waals surface area contributed by atoms with Gasteiger partial charge in [0.15, 0.2) is 5.79 Å². The first-order chi connectivity index (χ1) is 11.9. The van der Waals surface area contributed by atoms with Crippen LogP contribution in [-0.4, -0.2) is 31.2 Å². The van der Waals surface area contributed by atoms with Gasteiger partial charge in [0.1, 0.15) is 0 Å². The van der Waals surface area contributed by atoms with Gasteiger partial charge in [-0.15, -0.1) is 0 Å². The van der Waals surface area contributed by atoms with Gasteiger partial charge >= 0.3 is 0 Å². The van der Waals surface area contributed by atoms with Crippen LogP contribution in [0.2, 0.25) is 0 Å². The summed E-state index contributed by atoms with van der Waals surface area (Å²) in [6.45, 7) is 9.33. The molecule has 4 aliphatic carbocycles. The third-order valence-electron chi connectivity index (χ3n) is 10.4. The molecule has 8 atom stereocenters. The Morgan fingerprint density at radius 3 is 2.20 bits per heavy atom. The predicted molar refractivity (Wildman–Crippen MR) is 95.0 cm³/mol. The molecule has 0 aromatic rings. The lowest BCUT2D eigenvalue weighted by Crippen LogP contribution is -2.59. The molecule has 3 nitrogen and oxygen atoms in total. The molecule has 0 radical (unpaired) electrons. The quantitative estimate of drug-likeness (QED) is 0.603. The zero-order chi connectivity index (χ0) is 17.1. The molecule has 6 rings (SSSR count). The Morgan fingerprint density at radius 1 is 0.720 bits per heavy atom. The van der Waals surface area contributed by atoms with E-state index < -0.39 is 0 Å². The molecule has 3 heteroatoms. The fourth-order valence-corrected chi connectivity index (χ4v) is 8.72. The summed E-state index contributed by atoms with van der Waals surface area (Å²) < 4.78 is 18.6. The molecular weight excluding hydrogens is 312 g/mol. The fraction of sp³-hybridized carbons (Fsp3) is 1.00. The molecular formula is C22H34O3. The molecule has 25 heavy (non-hydrogen) atoms.